The molecule has 35 heavy (non-hydrogen) atoms. The number of aromatic hydroxyl groups is 1. The average Bonchev–Trinajstić information content (AvgIpc) is 2.85. The van der Waals surface area contributed by atoms with Crippen molar-refractivity contribution in [3.8, 4) is 23.0 Å². The van der Waals surface area contributed by atoms with Crippen LogP contribution in [0.4, 0.5) is 11.4 Å². The SMILES string of the molecule is BrCCCCBr.O=C1COc2ccc(O)cc2N1.O=C1COc2ccc(OCCCCBr)cc2N1. The van der Waals surface area contributed by atoms with Crippen LogP contribution in [0.2, 0.25) is 0 Å². The molecule has 2 heterocycles. The van der Waals surface area contributed by atoms with E-state index in [0.717, 1.165) is 34.6 Å². The zero-order chi connectivity index (χ0) is 25.5. The second-order valence-electron chi connectivity index (χ2n) is 7.34. The van der Waals surface area contributed by atoms with Gasteiger partial charge in [0.25, 0.3) is 11.8 Å². The van der Waals surface area contributed by atoms with Crippen LogP contribution in [-0.2, 0) is 9.59 Å². The molecule has 11 heteroatoms. The van der Waals surface area contributed by atoms with Gasteiger partial charge in [0, 0.05) is 28.1 Å². The first kappa shape index (κ1) is 29.3. The van der Waals surface area contributed by atoms with E-state index in [9.17, 15) is 9.59 Å². The van der Waals surface area contributed by atoms with Crippen LogP contribution < -0.4 is 24.8 Å². The molecule has 0 atom stereocenters. The maximum absolute atomic E-state index is 11.2. The number of hydrogen-bond donors (Lipinski definition) is 3. The number of carbonyl (C=O) groups excluding carboxylic acids is 2. The number of anilines is 2. The van der Waals surface area contributed by atoms with Crippen molar-refractivity contribution in [1.82, 2.24) is 0 Å². The van der Waals surface area contributed by atoms with E-state index in [4.69, 9.17) is 19.3 Å². The molecule has 8 nitrogen and oxygen atoms in total. The summed E-state index contributed by atoms with van der Waals surface area (Å²) in [6.07, 6.45) is 4.66. The van der Waals surface area contributed by atoms with E-state index >= 15 is 0 Å². The van der Waals surface area contributed by atoms with Crippen molar-refractivity contribution in [1.29, 1.82) is 0 Å². The number of ether oxygens (including phenoxy) is 3. The number of alkyl halides is 3. The Morgan fingerprint density at radius 2 is 1.29 bits per heavy atom. The summed E-state index contributed by atoms with van der Waals surface area (Å²) in [7, 11) is 0. The van der Waals surface area contributed by atoms with E-state index in [-0.39, 0.29) is 30.8 Å². The number of rotatable bonds is 8. The van der Waals surface area contributed by atoms with E-state index in [0.29, 0.717) is 29.5 Å². The number of benzene rings is 2. The zero-order valence-electron chi connectivity index (χ0n) is 19.2. The summed E-state index contributed by atoms with van der Waals surface area (Å²) >= 11 is 10.0. The molecule has 0 radical (unpaired) electrons. The molecule has 0 saturated heterocycles. The molecule has 2 aliphatic rings. The second kappa shape index (κ2) is 16.6. The van der Waals surface area contributed by atoms with E-state index in [1.807, 2.05) is 12.1 Å². The van der Waals surface area contributed by atoms with Gasteiger partial charge in [-0.05, 0) is 49.9 Å². The standard InChI is InChI=1S/C12H14BrNO3.C8H7NO3.C4H8Br2/c13-5-1-2-6-16-9-3-4-11-10(7-9)14-12(15)8-17-11;10-5-1-2-7-6(3-5)9-8(11)4-12-7;5-3-1-2-4-6/h3-4,7H,1-2,5-6,8H2,(H,14,15);1-3,10H,4H2,(H,9,11);1-4H2. The van der Waals surface area contributed by atoms with Crippen LogP contribution in [0.15, 0.2) is 36.4 Å². The topological polar surface area (TPSA) is 106 Å². The summed E-state index contributed by atoms with van der Waals surface area (Å²) in [5.74, 6) is 1.82. The Bertz CT molecular complexity index is 957. The van der Waals surface area contributed by atoms with Crippen LogP contribution in [0.1, 0.15) is 25.7 Å². The Labute approximate surface area is 230 Å². The van der Waals surface area contributed by atoms with Crippen molar-refractivity contribution in [2.45, 2.75) is 25.7 Å². The van der Waals surface area contributed by atoms with Crippen molar-refractivity contribution < 1.29 is 28.9 Å². The predicted molar refractivity (Wildman–Crippen MR) is 148 cm³/mol. The fourth-order valence-electron chi connectivity index (χ4n) is 2.80. The highest BCUT2D eigenvalue weighted by atomic mass is 79.9. The largest absolute Gasteiger partial charge is 0.508 e. The van der Waals surface area contributed by atoms with Crippen molar-refractivity contribution in [2.24, 2.45) is 0 Å². The van der Waals surface area contributed by atoms with Crippen molar-refractivity contribution >= 4 is 71.0 Å². The molecule has 0 bridgehead atoms. The normalized spacial score (nSPS) is 13.1. The highest BCUT2D eigenvalue weighted by Crippen LogP contribution is 2.32. The second-order valence-corrected chi connectivity index (χ2v) is 9.72. The zero-order valence-corrected chi connectivity index (χ0v) is 23.9. The molecule has 0 spiro atoms. The minimum Gasteiger partial charge on any atom is -0.508 e. The molecule has 3 N–H and O–H groups in total. The number of halogens is 3. The maximum Gasteiger partial charge on any atom is 0.262 e. The molecule has 2 aromatic rings. The minimum atomic E-state index is -0.201. The van der Waals surface area contributed by atoms with Gasteiger partial charge in [-0.15, -0.1) is 0 Å². The average molecular weight is 681 g/mol. The van der Waals surface area contributed by atoms with Gasteiger partial charge in [-0.2, -0.15) is 0 Å². The van der Waals surface area contributed by atoms with Crippen LogP contribution in [0.5, 0.6) is 23.0 Å². The first-order chi connectivity index (χ1) is 17.0. The molecule has 4 rings (SSSR count). The summed E-state index contributed by atoms with van der Waals surface area (Å²) in [5, 5.41) is 17.7. The lowest BCUT2D eigenvalue weighted by Gasteiger charge is -2.18. The predicted octanol–water partition coefficient (Wildman–Crippen LogP) is 5.85. The van der Waals surface area contributed by atoms with Crippen molar-refractivity contribution in [2.75, 3.05) is 46.4 Å². The smallest absolute Gasteiger partial charge is 0.262 e. The van der Waals surface area contributed by atoms with Crippen molar-refractivity contribution in [3.63, 3.8) is 0 Å². The third-order valence-electron chi connectivity index (χ3n) is 4.49. The Balaban J connectivity index is 0.000000209. The monoisotopic (exact) mass is 678 g/mol. The number of hydrogen-bond acceptors (Lipinski definition) is 6. The number of unbranched alkanes of at least 4 members (excludes halogenated alkanes) is 2. The van der Waals surface area contributed by atoms with Crippen LogP contribution in [0.3, 0.4) is 0 Å². The molecular weight excluding hydrogens is 652 g/mol. The number of carbonyl (C=O) groups is 2. The van der Waals surface area contributed by atoms with Crippen LogP contribution >= 0.6 is 47.8 Å². The van der Waals surface area contributed by atoms with Gasteiger partial charge in [0.2, 0.25) is 0 Å². The lowest BCUT2D eigenvalue weighted by molar-refractivity contribution is -0.119. The van der Waals surface area contributed by atoms with Gasteiger partial charge in [-0.1, -0.05) is 47.8 Å². The van der Waals surface area contributed by atoms with Gasteiger partial charge < -0.3 is 30.0 Å². The van der Waals surface area contributed by atoms with E-state index in [2.05, 4.69) is 58.4 Å². The Kier molecular flexibility index (Phi) is 13.9. The van der Waals surface area contributed by atoms with Gasteiger partial charge in [0.05, 0.1) is 18.0 Å². The Morgan fingerprint density at radius 1 is 0.771 bits per heavy atom. The van der Waals surface area contributed by atoms with Gasteiger partial charge in [0.1, 0.15) is 23.0 Å². The highest BCUT2D eigenvalue weighted by molar-refractivity contribution is 9.09. The van der Waals surface area contributed by atoms with Crippen LogP contribution in [-0.4, -0.2) is 52.7 Å². The summed E-state index contributed by atoms with van der Waals surface area (Å²) in [4.78, 5) is 22.0. The van der Waals surface area contributed by atoms with Crippen LogP contribution in [0, 0.1) is 0 Å². The lowest BCUT2D eigenvalue weighted by Crippen LogP contribution is -2.25. The minimum absolute atomic E-state index is 0.0395. The molecule has 0 saturated carbocycles. The van der Waals surface area contributed by atoms with Crippen LogP contribution in [0.25, 0.3) is 0 Å². The molecule has 2 aliphatic heterocycles. The summed E-state index contributed by atoms with van der Waals surface area (Å²) in [6, 6.07) is 10.0. The van der Waals surface area contributed by atoms with Gasteiger partial charge in [-0.25, -0.2) is 0 Å². The summed E-state index contributed by atoms with van der Waals surface area (Å²) < 4.78 is 15.9. The quantitative estimate of drug-likeness (QED) is 0.239. The first-order valence-corrected chi connectivity index (χ1v) is 14.5. The number of phenols is 1. The summed E-state index contributed by atoms with van der Waals surface area (Å²) in [6.45, 7) is 0.801. The molecule has 2 amide bonds. The van der Waals surface area contributed by atoms with Gasteiger partial charge in [0.15, 0.2) is 13.2 Å². The molecule has 0 unspecified atom stereocenters. The molecule has 192 valence electrons. The number of fused-ring (bicyclic) bond motifs is 2. The highest BCUT2D eigenvalue weighted by Gasteiger charge is 2.16. The third kappa shape index (κ3) is 11.1. The molecule has 0 fully saturated rings. The third-order valence-corrected chi connectivity index (χ3v) is 6.18. The molecule has 0 aromatic heterocycles. The number of phenolic OH excluding ortho intramolecular Hbond substituents is 1. The maximum atomic E-state index is 11.2. The van der Waals surface area contributed by atoms with Gasteiger partial charge in [-0.3, -0.25) is 9.59 Å². The molecular formula is C24H29Br3N2O6. The van der Waals surface area contributed by atoms with Crippen molar-refractivity contribution in [3.05, 3.63) is 36.4 Å². The number of amides is 2. The first-order valence-electron chi connectivity index (χ1n) is 11.1. The molecule has 2 aromatic carbocycles. The summed E-state index contributed by atoms with van der Waals surface area (Å²) in [5.41, 5.74) is 1.20. The Hall–Kier alpha value is -1.98. The van der Waals surface area contributed by atoms with E-state index in [1.54, 1.807) is 12.1 Å². The van der Waals surface area contributed by atoms with E-state index < -0.39 is 0 Å². The number of nitrogens with one attached hydrogen (secondary N) is 2. The molecule has 0 aliphatic carbocycles. The van der Waals surface area contributed by atoms with Gasteiger partial charge >= 0.3 is 0 Å². The Morgan fingerprint density at radius 3 is 1.86 bits per heavy atom. The lowest BCUT2D eigenvalue weighted by atomic mass is 10.2. The fraction of sp³-hybridized carbons (Fsp3) is 0.417. The van der Waals surface area contributed by atoms with E-state index in [1.165, 1.54) is 25.0 Å². The fourth-order valence-corrected chi connectivity index (χ4v) is 3.99.